The molecule has 6 nitrogen and oxygen atoms in total. The van der Waals surface area contributed by atoms with Gasteiger partial charge in [-0.1, -0.05) is 13.8 Å². The molecule has 0 aliphatic carbocycles. The zero-order chi connectivity index (χ0) is 17.1. The van der Waals surface area contributed by atoms with E-state index < -0.39 is 11.2 Å². The molecule has 4 rings (SSSR count). The Morgan fingerprint density at radius 3 is 2.88 bits per heavy atom. The van der Waals surface area contributed by atoms with Crippen LogP contribution in [0.5, 0.6) is 0 Å². The number of rotatable bonds is 2. The monoisotopic (exact) mass is 328 g/mol. The van der Waals surface area contributed by atoms with Crippen LogP contribution in [0.3, 0.4) is 0 Å². The zero-order valence-electron chi connectivity index (χ0n) is 13.4. The van der Waals surface area contributed by atoms with E-state index >= 15 is 0 Å². The van der Waals surface area contributed by atoms with Gasteiger partial charge in [-0.2, -0.15) is 5.10 Å². The van der Waals surface area contributed by atoms with E-state index in [1.165, 1.54) is 12.1 Å². The van der Waals surface area contributed by atoms with Gasteiger partial charge in [-0.3, -0.25) is 14.7 Å². The lowest BCUT2D eigenvalue weighted by atomic mass is 9.72. The van der Waals surface area contributed by atoms with Crippen molar-refractivity contribution < 1.29 is 14.0 Å². The van der Waals surface area contributed by atoms with Gasteiger partial charge in [-0.15, -0.1) is 0 Å². The number of carbonyl (C=O) groups is 2. The third kappa shape index (κ3) is 1.84. The van der Waals surface area contributed by atoms with Gasteiger partial charge in [0.2, 0.25) is 11.8 Å². The minimum atomic E-state index is -1.21. The molecular weight excluding hydrogens is 311 g/mol. The first-order valence-electron chi connectivity index (χ1n) is 7.89. The van der Waals surface area contributed by atoms with Crippen LogP contribution in [-0.2, 0) is 15.0 Å². The summed E-state index contributed by atoms with van der Waals surface area (Å²) in [5.74, 6) is -0.274. The van der Waals surface area contributed by atoms with Crippen molar-refractivity contribution in [2.45, 2.75) is 25.7 Å². The second-order valence-corrected chi connectivity index (χ2v) is 6.76. The van der Waals surface area contributed by atoms with Crippen molar-refractivity contribution in [2.75, 3.05) is 16.8 Å². The number of nitrogens with zero attached hydrogens (tertiary/aromatic N) is 2. The summed E-state index contributed by atoms with van der Waals surface area (Å²) < 4.78 is 14.0. The number of carbonyl (C=O) groups excluding carboxylic acids is 2. The van der Waals surface area contributed by atoms with Crippen LogP contribution in [0, 0.1) is 11.7 Å². The highest BCUT2D eigenvalue weighted by molar-refractivity contribution is 6.15. The fourth-order valence-electron chi connectivity index (χ4n) is 3.74. The molecule has 1 atom stereocenters. The molecule has 0 unspecified atom stereocenters. The highest BCUT2D eigenvalue weighted by atomic mass is 19.1. The Kier molecular flexibility index (Phi) is 3.03. The Labute approximate surface area is 138 Å². The molecule has 0 saturated heterocycles. The maximum absolute atomic E-state index is 14.0. The molecule has 24 heavy (non-hydrogen) atoms. The van der Waals surface area contributed by atoms with Crippen molar-refractivity contribution in [3.63, 3.8) is 0 Å². The molecule has 2 aliphatic rings. The van der Waals surface area contributed by atoms with Crippen molar-refractivity contribution >= 4 is 23.3 Å². The van der Waals surface area contributed by atoms with Crippen LogP contribution in [0.1, 0.15) is 31.4 Å². The van der Waals surface area contributed by atoms with Crippen molar-refractivity contribution in [3.05, 3.63) is 41.3 Å². The largest absolute Gasteiger partial charge is 0.311 e. The van der Waals surface area contributed by atoms with E-state index in [2.05, 4.69) is 15.5 Å². The van der Waals surface area contributed by atoms with Crippen molar-refractivity contribution in [1.82, 2.24) is 10.2 Å². The Hall–Kier alpha value is -2.70. The van der Waals surface area contributed by atoms with Gasteiger partial charge in [0, 0.05) is 24.2 Å². The second-order valence-electron chi connectivity index (χ2n) is 6.76. The van der Waals surface area contributed by atoms with E-state index in [1.54, 1.807) is 17.2 Å². The molecule has 124 valence electrons. The second kappa shape index (κ2) is 4.90. The minimum absolute atomic E-state index is 0.0522. The van der Waals surface area contributed by atoms with Crippen LogP contribution < -0.4 is 10.2 Å². The fraction of sp³-hybridized carbons (Fsp3) is 0.353. The van der Waals surface area contributed by atoms with Crippen LogP contribution in [0.4, 0.5) is 15.9 Å². The summed E-state index contributed by atoms with van der Waals surface area (Å²) in [6.07, 6.45) is 1.49. The molecule has 2 N–H and O–H groups in total. The third-order valence-electron chi connectivity index (χ3n) is 4.66. The molecule has 2 aromatic rings. The summed E-state index contributed by atoms with van der Waals surface area (Å²) in [4.78, 5) is 27.3. The SMILES string of the molecule is CC(C)CN1C(=O)[C@]2(CC(=O)Nc3[nH]ncc32)c2cc(F)ccc21. The average molecular weight is 328 g/mol. The summed E-state index contributed by atoms with van der Waals surface area (Å²) in [5.41, 5.74) is 0.574. The number of benzene rings is 1. The zero-order valence-corrected chi connectivity index (χ0v) is 13.4. The topological polar surface area (TPSA) is 78.1 Å². The maximum atomic E-state index is 14.0. The van der Waals surface area contributed by atoms with Gasteiger partial charge in [0.1, 0.15) is 17.1 Å². The summed E-state index contributed by atoms with van der Waals surface area (Å²) in [6.45, 7) is 4.53. The third-order valence-corrected chi connectivity index (χ3v) is 4.66. The van der Waals surface area contributed by atoms with E-state index in [4.69, 9.17) is 0 Å². The highest BCUT2D eigenvalue weighted by Crippen LogP contribution is 2.51. The predicted octanol–water partition coefficient (Wildman–Crippen LogP) is 2.18. The first-order valence-corrected chi connectivity index (χ1v) is 7.89. The quantitative estimate of drug-likeness (QED) is 0.887. The van der Waals surface area contributed by atoms with Gasteiger partial charge >= 0.3 is 0 Å². The van der Waals surface area contributed by atoms with Crippen molar-refractivity contribution in [3.8, 4) is 0 Å². The lowest BCUT2D eigenvalue weighted by Gasteiger charge is -2.32. The van der Waals surface area contributed by atoms with E-state index in [9.17, 15) is 14.0 Å². The molecule has 2 aliphatic heterocycles. The van der Waals surface area contributed by atoms with Gasteiger partial charge in [-0.05, 0) is 29.7 Å². The number of nitrogens with one attached hydrogen (secondary N) is 2. The normalized spacial score (nSPS) is 22.1. The number of amides is 2. The molecule has 0 fully saturated rings. The van der Waals surface area contributed by atoms with Gasteiger partial charge in [0.15, 0.2) is 0 Å². The summed E-state index contributed by atoms with van der Waals surface area (Å²) >= 11 is 0. The summed E-state index contributed by atoms with van der Waals surface area (Å²) in [7, 11) is 0. The lowest BCUT2D eigenvalue weighted by Crippen LogP contribution is -2.47. The molecule has 1 aromatic heterocycles. The number of halogens is 1. The molecule has 1 spiro atoms. The first kappa shape index (κ1) is 14.9. The first-order chi connectivity index (χ1) is 11.4. The lowest BCUT2D eigenvalue weighted by molar-refractivity contribution is -0.126. The molecule has 7 heteroatoms. The van der Waals surface area contributed by atoms with Crippen molar-refractivity contribution in [2.24, 2.45) is 5.92 Å². The van der Waals surface area contributed by atoms with Crippen LogP contribution in [0.25, 0.3) is 0 Å². The van der Waals surface area contributed by atoms with Crippen molar-refractivity contribution in [1.29, 1.82) is 0 Å². The average Bonchev–Trinajstić information content (AvgIpc) is 3.06. The number of fused-ring (bicyclic) bond motifs is 4. The summed E-state index contributed by atoms with van der Waals surface area (Å²) in [5, 5.41) is 9.37. The molecule has 1 aromatic carbocycles. The minimum Gasteiger partial charge on any atom is -0.311 e. The van der Waals surface area contributed by atoms with Crippen LogP contribution >= 0.6 is 0 Å². The van der Waals surface area contributed by atoms with Gasteiger partial charge in [-0.25, -0.2) is 4.39 Å². The van der Waals surface area contributed by atoms with E-state index in [1.807, 2.05) is 13.8 Å². The number of aromatic nitrogens is 2. The van der Waals surface area contributed by atoms with Gasteiger partial charge in [0.25, 0.3) is 0 Å². The van der Waals surface area contributed by atoms with E-state index in [0.29, 0.717) is 29.2 Å². The number of hydrogen-bond donors (Lipinski definition) is 2. The number of anilines is 2. The maximum Gasteiger partial charge on any atom is 0.242 e. The van der Waals surface area contributed by atoms with Gasteiger partial charge in [0.05, 0.1) is 6.20 Å². The van der Waals surface area contributed by atoms with Gasteiger partial charge < -0.3 is 10.2 Å². The van der Waals surface area contributed by atoms with Crippen LogP contribution in [0.2, 0.25) is 0 Å². The smallest absolute Gasteiger partial charge is 0.242 e. The highest BCUT2D eigenvalue weighted by Gasteiger charge is 2.56. The Bertz CT molecular complexity index is 860. The molecule has 0 bridgehead atoms. The summed E-state index contributed by atoms with van der Waals surface area (Å²) in [6, 6.07) is 4.33. The Morgan fingerprint density at radius 2 is 2.12 bits per heavy atom. The molecule has 2 amide bonds. The fourth-order valence-corrected chi connectivity index (χ4v) is 3.74. The molecule has 3 heterocycles. The van der Waals surface area contributed by atoms with E-state index in [-0.39, 0.29) is 24.2 Å². The number of aromatic amines is 1. The Morgan fingerprint density at radius 1 is 1.33 bits per heavy atom. The van der Waals surface area contributed by atoms with Crippen LogP contribution in [-0.4, -0.2) is 28.6 Å². The molecular formula is C17H17FN4O2. The van der Waals surface area contributed by atoms with Crippen LogP contribution in [0.15, 0.2) is 24.4 Å². The molecule has 0 radical (unpaired) electrons. The predicted molar refractivity (Wildman–Crippen MR) is 86.2 cm³/mol. The number of H-pyrrole nitrogens is 1. The standard InChI is InChI=1S/C17H17FN4O2/c1-9(2)8-22-13-4-3-10(18)5-11(13)17(16(22)24)6-14(23)20-15-12(17)7-19-21-15/h3-5,7,9H,6,8H2,1-2H3,(H2,19,20,21,23)/t17-/m1/s1. The number of hydrogen-bond acceptors (Lipinski definition) is 3. The Balaban J connectivity index is 1.99. The molecule has 0 saturated carbocycles. The van der Waals surface area contributed by atoms with E-state index in [0.717, 1.165) is 0 Å².